The molecule has 0 saturated carbocycles. The number of nitrogens with zero attached hydrogens (tertiary/aromatic N) is 1. The third kappa shape index (κ3) is 2.21. The van der Waals surface area contributed by atoms with Crippen LogP contribution in [0.1, 0.15) is 24.5 Å². The van der Waals surface area contributed by atoms with E-state index in [0.29, 0.717) is 12.0 Å². The van der Waals surface area contributed by atoms with Crippen molar-refractivity contribution >= 4 is 0 Å². The number of aliphatic hydroxyl groups is 1. The van der Waals surface area contributed by atoms with Gasteiger partial charge < -0.3 is 5.11 Å². The summed E-state index contributed by atoms with van der Waals surface area (Å²) in [4.78, 5) is 0. The Bertz CT molecular complexity index is 374. The van der Waals surface area contributed by atoms with Gasteiger partial charge in [0.1, 0.15) is 0 Å². The SMILES string of the molecule is C=CCC(C)(O)c1cccc(C#N)c1. The van der Waals surface area contributed by atoms with Crippen LogP contribution in [0, 0.1) is 11.3 Å². The van der Waals surface area contributed by atoms with Gasteiger partial charge in [0, 0.05) is 0 Å². The summed E-state index contributed by atoms with van der Waals surface area (Å²) in [6.45, 7) is 5.30. The molecule has 2 heteroatoms. The Morgan fingerprint density at radius 1 is 1.64 bits per heavy atom. The molecule has 0 aliphatic rings. The first kappa shape index (κ1) is 10.5. The normalized spacial score (nSPS) is 14.1. The van der Waals surface area contributed by atoms with Crippen LogP contribution in [0.4, 0.5) is 0 Å². The largest absolute Gasteiger partial charge is 0.385 e. The van der Waals surface area contributed by atoms with E-state index in [0.717, 1.165) is 5.56 Å². The summed E-state index contributed by atoms with van der Waals surface area (Å²) >= 11 is 0. The molecule has 0 amide bonds. The van der Waals surface area contributed by atoms with Crippen molar-refractivity contribution in [2.45, 2.75) is 18.9 Å². The van der Waals surface area contributed by atoms with Crippen molar-refractivity contribution in [3.05, 3.63) is 48.0 Å². The molecular weight excluding hydrogens is 174 g/mol. The van der Waals surface area contributed by atoms with E-state index in [2.05, 4.69) is 6.58 Å². The topological polar surface area (TPSA) is 44.0 Å². The van der Waals surface area contributed by atoms with Crippen LogP contribution in [0.15, 0.2) is 36.9 Å². The Morgan fingerprint density at radius 2 is 2.36 bits per heavy atom. The van der Waals surface area contributed by atoms with Crippen LogP contribution in [0.2, 0.25) is 0 Å². The zero-order chi connectivity index (χ0) is 10.6. The van der Waals surface area contributed by atoms with Gasteiger partial charge in [-0.3, -0.25) is 0 Å². The molecular formula is C12H13NO. The van der Waals surface area contributed by atoms with Crippen LogP contribution in [0.5, 0.6) is 0 Å². The van der Waals surface area contributed by atoms with Gasteiger partial charge in [-0.1, -0.05) is 18.2 Å². The van der Waals surface area contributed by atoms with E-state index < -0.39 is 5.60 Å². The minimum absolute atomic E-state index is 0.474. The lowest BCUT2D eigenvalue weighted by molar-refractivity contribution is 0.0606. The van der Waals surface area contributed by atoms with E-state index in [1.165, 1.54) is 0 Å². The van der Waals surface area contributed by atoms with E-state index in [-0.39, 0.29) is 0 Å². The summed E-state index contributed by atoms with van der Waals surface area (Å²) in [5.41, 5.74) is 0.373. The zero-order valence-corrected chi connectivity index (χ0v) is 8.20. The van der Waals surface area contributed by atoms with Crippen LogP contribution in [0.3, 0.4) is 0 Å². The molecule has 0 spiro atoms. The van der Waals surface area contributed by atoms with E-state index in [1.54, 1.807) is 31.2 Å². The highest BCUT2D eigenvalue weighted by Gasteiger charge is 2.21. The molecule has 0 heterocycles. The molecule has 0 bridgehead atoms. The first-order valence-electron chi connectivity index (χ1n) is 4.44. The molecule has 0 aliphatic carbocycles. The van der Waals surface area contributed by atoms with Gasteiger partial charge >= 0.3 is 0 Å². The third-order valence-corrected chi connectivity index (χ3v) is 2.16. The van der Waals surface area contributed by atoms with Crippen LogP contribution in [0.25, 0.3) is 0 Å². The fraction of sp³-hybridized carbons (Fsp3) is 0.250. The van der Waals surface area contributed by atoms with Gasteiger partial charge in [-0.2, -0.15) is 5.26 Å². The van der Waals surface area contributed by atoms with Crippen molar-refractivity contribution in [1.29, 1.82) is 5.26 Å². The third-order valence-electron chi connectivity index (χ3n) is 2.16. The van der Waals surface area contributed by atoms with E-state index in [1.807, 2.05) is 12.1 Å². The Balaban J connectivity index is 3.07. The van der Waals surface area contributed by atoms with Crippen molar-refractivity contribution < 1.29 is 5.11 Å². The number of hydrogen-bond acceptors (Lipinski definition) is 2. The molecule has 1 atom stereocenters. The minimum Gasteiger partial charge on any atom is -0.385 e. The van der Waals surface area contributed by atoms with Gasteiger partial charge in [-0.25, -0.2) is 0 Å². The predicted molar refractivity (Wildman–Crippen MR) is 55.5 cm³/mol. The second-order valence-corrected chi connectivity index (χ2v) is 3.46. The number of benzene rings is 1. The summed E-state index contributed by atoms with van der Waals surface area (Å²) < 4.78 is 0. The molecule has 1 unspecified atom stereocenters. The molecule has 0 fully saturated rings. The fourth-order valence-electron chi connectivity index (χ4n) is 1.32. The van der Waals surface area contributed by atoms with Gasteiger partial charge in [-0.15, -0.1) is 6.58 Å². The highest BCUT2D eigenvalue weighted by atomic mass is 16.3. The van der Waals surface area contributed by atoms with Gasteiger partial charge in [0.15, 0.2) is 0 Å². The standard InChI is InChI=1S/C12H13NO/c1-3-7-12(2,14)11-6-4-5-10(8-11)9-13/h3-6,8,14H,1,7H2,2H3. The Kier molecular flexibility index (Phi) is 3.06. The summed E-state index contributed by atoms with van der Waals surface area (Å²) in [7, 11) is 0. The van der Waals surface area contributed by atoms with Gasteiger partial charge in [0.05, 0.1) is 17.2 Å². The molecule has 14 heavy (non-hydrogen) atoms. The maximum atomic E-state index is 10.0. The van der Waals surface area contributed by atoms with E-state index >= 15 is 0 Å². The zero-order valence-electron chi connectivity index (χ0n) is 8.20. The second kappa shape index (κ2) is 4.08. The summed E-state index contributed by atoms with van der Waals surface area (Å²) in [6.07, 6.45) is 2.14. The van der Waals surface area contributed by atoms with Gasteiger partial charge in [0.2, 0.25) is 0 Å². The smallest absolute Gasteiger partial charge is 0.0991 e. The Hall–Kier alpha value is -1.59. The van der Waals surface area contributed by atoms with Crippen molar-refractivity contribution in [2.24, 2.45) is 0 Å². The molecule has 1 aromatic rings. The quantitative estimate of drug-likeness (QED) is 0.738. The highest BCUT2D eigenvalue weighted by molar-refractivity contribution is 5.35. The van der Waals surface area contributed by atoms with E-state index in [9.17, 15) is 5.11 Å². The molecule has 0 aliphatic heterocycles. The highest BCUT2D eigenvalue weighted by Crippen LogP contribution is 2.25. The van der Waals surface area contributed by atoms with Crippen molar-refractivity contribution in [1.82, 2.24) is 0 Å². The maximum Gasteiger partial charge on any atom is 0.0991 e. The van der Waals surface area contributed by atoms with Crippen molar-refractivity contribution in [3.63, 3.8) is 0 Å². The Labute approximate surface area is 84.1 Å². The average Bonchev–Trinajstić information content (AvgIpc) is 2.18. The van der Waals surface area contributed by atoms with Gasteiger partial charge in [-0.05, 0) is 31.0 Å². The molecule has 1 aromatic carbocycles. The number of nitriles is 1. The average molecular weight is 187 g/mol. The first-order chi connectivity index (χ1) is 6.60. The Morgan fingerprint density at radius 3 is 2.93 bits per heavy atom. The van der Waals surface area contributed by atoms with E-state index in [4.69, 9.17) is 5.26 Å². The van der Waals surface area contributed by atoms with Crippen LogP contribution >= 0.6 is 0 Å². The van der Waals surface area contributed by atoms with Crippen LogP contribution in [-0.4, -0.2) is 5.11 Å². The molecule has 1 rings (SSSR count). The minimum atomic E-state index is -0.936. The first-order valence-corrected chi connectivity index (χ1v) is 4.44. The lowest BCUT2D eigenvalue weighted by atomic mass is 9.91. The van der Waals surface area contributed by atoms with Gasteiger partial charge in [0.25, 0.3) is 0 Å². The summed E-state index contributed by atoms with van der Waals surface area (Å²) in [6, 6.07) is 9.04. The number of rotatable bonds is 3. The molecule has 72 valence electrons. The number of hydrogen-bond donors (Lipinski definition) is 1. The molecule has 0 aromatic heterocycles. The fourth-order valence-corrected chi connectivity index (χ4v) is 1.32. The predicted octanol–water partition coefficient (Wildman–Crippen LogP) is 2.34. The lowest BCUT2D eigenvalue weighted by Gasteiger charge is -2.22. The molecule has 1 N–H and O–H groups in total. The van der Waals surface area contributed by atoms with Crippen molar-refractivity contribution in [2.75, 3.05) is 0 Å². The molecule has 0 radical (unpaired) electrons. The van der Waals surface area contributed by atoms with Crippen LogP contribution < -0.4 is 0 Å². The van der Waals surface area contributed by atoms with Crippen molar-refractivity contribution in [3.8, 4) is 6.07 Å². The monoisotopic (exact) mass is 187 g/mol. The molecule has 2 nitrogen and oxygen atoms in total. The molecule has 0 saturated heterocycles. The summed E-state index contributed by atoms with van der Waals surface area (Å²) in [5, 5.41) is 18.7. The lowest BCUT2D eigenvalue weighted by Crippen LogP contribution is -2.19. The second-order valence-electron chi connectivity index (χ2n) is 3.46. The van der Waals surface area contributed by atoms with Crippen LogP contribution in [-0.2, 0) is 5.60 Å². The maximum absolute atomic E-state index is 10.0. The summed E-state index contributed by atoms with van der Waals surface area (Å²) in [5.74, 6) is 0.